The van der Waals surface area contributed by atoms with E-state index < -0.39 is 0 Å². The molecule has 0 amide bonds. The zero-order chi connectivity index (χ0) is 12.5. The van der Waals surface area contributed by atoms with Gasteiger partial charge in [0.2, 0.25) is 0 Å². The molecule has 1 aromatic rings. The minimum absolute atomic E-state index is 0.720. The van der Waals surface area contributed by atoms with Crippen LogP contribution in [0.1, 0.15) is 37.9 Å². The third kappa shape index (κ3) is 2.19. The number of fused-ring (bicyclic) bond motifs is 2. The lowest BCUT2D eigenvalue weighted by Gasteiger charge is -2.48. The maximum atomic E-state index is 4.48. The molecule has 3 heterocycles. The number of rotatable bonds is 3. The first-order chi connectivity index (χ1) is 8.78. The summed E-state index contributed by atoms with van der Waals surface area (Å²) in [5.41, 5.74) is 0. The largest absolute Gasteiger partial charge is 0.337 e. The average molecular weight is 248 g/mol. The van der Waals surface area contributed by atoms with Gasteiger partial charge in [-0.25, -0.2) is 4.98 Å². The fourth-order valence-electron chi connectivity index (χ4n) is 3.68. The quantitative estimate of drug-likeness (QED) is 0.880. The smallest absolute Gasteiger partial charge is 0.122 e. The molecule has 2 bridgehead atoms. The molecule has 2 atom stereocenters. The molecule has 3 rings (SSSR count). The minimum atomic E-state index is 0.720. The van der Waals surface area contributed by atoms with Crippen molar-refractivity contribution in [2.45, 2.75) is 56.8 Å². The first-order valence-electron chi connectivity index (χ1n) is 7.17. The monoisotopic (exact) mass is 248 g/mol. The molecule has 0 saturated carbocycles. The summed E-state index contributed by atoms with van der Waals surface area (Å²) in [6, 6.07) is 2.23. The number of piperidine rings is 2. The van der Waals surface area contributed by atoms with Gasteiger partial charge in [-0.05, 0) is 32.7 Å². The molecular weight excluding hydrogens is 224 g/mol. The second-order valence-electron chi connectivity index (χ2n) is 5.82. The van der Waals surface area contributed by atoms with Gasteiger partial charge in [0.15, 0.2) is 0 Å². The Labute approximate surface area is 109 Å². The zero-order valence-electron chi connectivity index (χ0n) is 11.5. The minimum Gasteiger partial charge on any atom is -0.337 e. The highest BCUT2D eigenvalue weighted by molar-refractivity contribution is 4.99. The number of hydrogen-bond acceptors (Lipinski definition) is 3. The van der Waals surface area contributed by atoms with Crippen molar-refractivity contribution in [3.05, 3.63) is 18.2 Å². The Bertz CT molecular complexity index is 386. The SMILES string of the molecule is CNC1CC2CCCC(C1)N2Cc1nccn1C. The van der Waals surface area contributed by atoms with Crippen LogP contribution >= 0.6 is 0 Å². The predicted octanol–water partition coefficient (Wildman–Crippen LogP) is 1.52. The Balaban J connectivity index is 1.74. The normalized spacial score (nSPS) is 32.7. The summed E-state index contributed by atoms with van der Waals surface area (Å²) in [6.07, 6.45) is 10.7. The first kappa shape index (κ1) is 12.2. The van der Waals surface area contributed by atoms with Crippen LogP contribution in [0.15, 0.2) is 12.4 Å². The summed E-state index contributed by atoms with van der Waals surface area (Å²) in [7, 11) is 4.20. The van der Waals surface area contributed by atoms with Crippen LogP contribution in [-0.2, 0) is 13.6 Å². The van der Waals surface area contributed by atoms with Crippen molar-refractivity contribution in [1.29, 1.82) is 0 Å². The molecule has 0 spiro atoms. The van der Waals surface area contributed by atoms with Crippen molar-refractivity contribution in [2.24, 2.45) is 7.05 Å². The molecule has 0 aromatic carbocycles. The second-order valence-corrected chi connectivity index (χ2v) is 5.82. The molecule has 2 fully saturated rings. The van der Waals surface area contributed by atoms with Gasteiger partial charge in [-0.2, -0.15) is 0 Å². The van der Waals surface area contributed by atoms with Gasteiger partial charge >= 0.3 is 0 Å². The lowest BCUT2D eigenvalue weighted by atomic mass is 9.82. The van der Waals surface area contributed by atoms with Crippen molar-refractivity contribution in [3.8, 4) is 0 Å². The van der Waals surface area contributed by atoms with Crippen molar-refractivity contribution < 1.29 is 0 Å². The van der Waals surface area contributed by atoms with E-state index in [-0.39, 0.29) is 0 Å². The van der Waals surface area contributed by atoms with Crippen LogP contribution in [0.5, 0.6) is 0 Å². The van der Waals surface area contributed by atoms with Crippen molar-refractivity contribution in [2.75, 3.05) is 7.05 Å². The maximum absolute atomic E-state index is 4.48. The van der Waals surface area contributed by atoms with E-state index in [1.165, 1.54) is 37.9 Å². The summed E-state index contributed by atoms with van der Waals surface area (Å²) in [5, 5.41) is 3.48. The van der Waals surface area contributed by atoms with Gasteiger partial charge in [0, 0.05) is 37.6 Å². The number of nitrogens with zero attached hydrogens (tertiary/aromatic N) is 3. The third-order valence-electron chi connectivity index (χ3n) is 4.78. The van der Waals surface area contributed by atoms with Crippen LogP contribution in [0.4, 0.5) is 0 Å². The molecule has 4 nitrogen and oxygen atoms in total. The van der Waals surface area contributed by atoms with E-state index in [2.05, 4.69) is 33.9 Å². The van der Waals surface area contributed by atoms with Gasteiger partial charge < -0.3 is 9.88 Å². The van der Waals surface area contributed by atoms with E-state index in [0.29, 0.717) is 0 Å². The molecule has 2 saturated heterocycles. The number of aryl methyl sites for hydroxylation is 1. The predicted molar refractivity (Wildman–Crippen MR) is 72.3 cm³/mol. The molecule has 0 aliphatic carbocycles. The van der Waals surface area contributed by atoms with Crippen LogP contribution in [-0.4, -0.2) is 39.6 Å². The van der Waals surface area contributed by atoms with E-state index in [0.717, 1.165) is 24.7 Å². The number of aromatic nitrogens is 2. The van der Waals surface area contributed by atoms with Crippen molar-refractivity contribution in [1.82, 2.24) is 19.8 Å². The van der Waals surface area contributed by atoms with E-state index in [9.17, 15) is 0 Å². The molecule has 18 heavy (non-hydrogen) atoms. The van der Waals surface area contributed by atoms with Crippen molar-refractivity contribution in [3.63, 3.8) is 0 Å². The highest BCUT2D eigenvalue weighted by atomic mass is 15.2. The van der Waals surface area contributed by atoms with Crippen LogP contribution in [0.25, 0.3) is 0 Å². The lowest BCUT2D eigenvalue weighted by molar-refractivity contribution is 0.0164. The summed E-state index contributed by atoms with van der Waals surface area (Å²) >= 11 is 0. The van der Waals surface area contributed by atoms with Gasteiger partial charge in [-0.1, -0.05) is 6.42 Å². The van der Waals surface area contributed by atoms with Crippen LogP contribution in [0, 0.1) is 0 Å². The average Bonchev–Trinajstić information content (AvgIpc) is 2.75. The second kappa shape index (κ2) is 5.02. The van der Waals surface area contributed by atoms with Gasteiger partial charge in [-0.15, -0.1) is 0 Å². The standard InChI is InChI=1S/C14H24N4/c1-15-11-8-12-4-3-5-13(9-11)18(12)10-14-16-6-7-17(14)2/h6-7,11-13,15H,3-5,8-10H2,1-2H3. The van der Waals surface area contributed by atoms with Crippen molar-refractivity contribution >= 4 is 0 Å². The molecule has 1 N–H and O–H groups in total. The van der Waals surface area contributed by atoms with E-state index in [4.69, 9.17) is 0 Å². The lowest BCUT2D eigenvalue weighted by Crippen LogP contribution is -2.55. The fraction of sp³-hybridized carbons (Fsp3) is 0.786. The van der Waals surface area contributed by atoms with Gasteiger partial charge in [-0.3, -0.25) is 4.90 Å². The summed E-state index contributed by atoms with van der Waals surface area (Å²) in [5.74, 6) is 1.20. The summed E-state index contributed by atoms with van der Waals surface area (Å²) in [4.78, 5) is 7.19. The molecule has 2 unspecified atom stereocenters. The third-order valence-corrected chi connectivity index (χ3v) is 4.78. The molecule has 4 heteroatoms. The van der Waals surface area contributed by atoms with E-state index >= 15 is 0 Å². The Hall–Kier alpha value is -0.870. The Morgan fingerprint density at radius 1 is 1.33 bits per heavy atom. The summed E-state index contributed by atoms with van der Waals surface area (Å²) < 4.78 is 2.15. The summed E-state index contributed by atoms with van der Waals surface area (Å²) in [6.45, 7) is 1.02. The zero-order valence-corrected chi connectivity index (χ0v) is 11.5. The number of nitrogens with one attached hydrogen (secondary N) is 1. The molecule has 0 radical (unpaired) electrons. The number of imidazole rings is 1. The Kier molecular flexibility index (Phi) is 3.39. The number of hydrogen-bond donors (Lipinski definition) is 1. The molecular formula is C14H24N4. The van der Waals surface area contributed by atoms with Gasteiger partial charge in [0.1, 0.15) is 5.82 Å². The maximum Gasteiger partial charge on any atom is 0.122 e. The van der Waals surface area contributed by atoms with E-state index in [1.807, 2.05) is 12.4 Å². The Morgan fingerprint density at radius 2 is 2.06 bits per heavy atom. The molecule has 100 valence electrons. The Morgan fingerprint density at radius 3 is 2.61 bits per heavy atom. The van der Waals surface area contributed by atoms with Gasteiger partial charge in [0.25, 0.3) is 0 Å². The van der Waals surface area contributed by atoms with E-state index in [1.54, 1.807) is 0 Å². The molecule has 2 aliphatic rings. The van der Waals surface area contributed by atoms with Gasteiger partial charge in [0.05, 0.1) is 6.54 Å². The first-order valence-corrected chi connectivity index (χ1v) is 7.17. The topological polar surface area (TPSA) is 33.1 Å². The highest BCUT2D eigenvalue weighted by Gasteiger charge is 2.37. The van der Waals surface area contributed by atoms with Crippen LogP contribution < -0.4 is 5.32 Å². The van der Waals surface area contributed by atoms with Crippen LogP contribution in [0.2, 0.25) is 0 Å². The highest BCUT2D eigenvalue weighted by Crippen LogP contribution is 2.34. The fourth-order valence-corrected chi connectivity index (χ4v) is 3.68. The van der Waals surface area contributed by atoms with Crippen LogP contribution in [0.3, 0.4) is 0 Å². The molecule has 2 aliphatic heterocycles. The molecule has 1 aromatic heterocycles.